The zero-order valence-corrected chi connectivity index (χ0v) is 12.2. The molecule has 1 heterocycles. The fourth-order valence-corrected chi connectivity index (χ4v) is 2.59. The molecule has 2 unspecified atom stereocenters. The molecule has 2 rings (SSSR count). The number of amides is 2. The van der Waals surface area contributed by atoms with E-state index >= 15 is 0 Å². The van der Waals surface area contributed by atoms with Crippen LogP contribution in [-0.2, 0) is 9.59 Å². The topological polar surface area (TPSA) is 58.2 Å². The van der Waals surface area contributed by atoms with Crippen molar-refractivity contribution in [3.8, 4) is 0 Å². The van der Waals surface area contributed by atoms with E-state index in [4.69, 9.17) is 11.6 Å². The smallest absolute Gasteiger partial charge is 0.225 e. The Labute approximate surface area is 123 Å². The van der Waals surface area contributed by atoms with Crippen LogP contribution in [0.1, 0.15) is 37.8 Å². The second-order valence-electron chi connectivity index (χ2n) is 5.06. The molecule has 1 aliphatic rings. The van der Waals surface area contributed by atoms with Crippen molar-refractivity contribution in [1.29, 1.82) is 0 Å². The van der Waals surface area contributed by atoms with Gasteiger partial charge in [0.2, 0.25) is 11.8 Å². The first-order valence-electron chi connectivity index (χ1n) is 6.92. The van der Waals surface area contributed by atoms with Gasteiger partial charge < -0.3 is 10.6 Å². The number of nitrogens with one attached hydrogen (secondary N) is 2. The Bertz CT molecular complexity index is 494. The molecule has 2 N–H and O–H groups in total. The van der Waals surface area contributed by atoms with Crippen LogP contribution in [0.3, 0.4) is 0 Å². The van der Waals surface area contributed by atoms with Crippen LogP contribution in [0.2, 0.25) is 5.02 Å². The molecule has 2 amide bonds. The summed E-state index contributed by atoms with van der Waals surface area (Å²) < 4.78 is 0. The van der Waals surface area contributed by atoms with Gasteiger partial charge in [-0.25, -0.2) is 0 Å². The van der Waals surface area contributed by atoms with Crippen LogP contribution < -0.4 is 10.6 Å². The average molecular weight is 295 g/mol. The maximum Gasteiger partial charge on any atom is 0.225 e. The highest BCUT2D eigenvalue weighted by molar-refractivity contribution is 6.30. The first kappa shape index (κ1) is 14.9. The lowest BCUT2D eigenvalue weighted by atomic mass is 9.96. The Kier molecular flexibility index (Phi) is 5.01. The minimum absolute atomic E-state index is 0.00294. The van der Waals surface area contributed by atoms with Gasteiger partial charge in [-0.05, 0) is 30.5 Å². The summed E-state index contributed by atoms with van der Waals surface area (Å²) in [6, 6.07) is 7.49. The standard InChI is InChI=1S/C15H19ClN2O2/c1-2-13(10-4-3-5-12(16)8-10)18-15(20)11-6-7-14(19)17-9-11/h3-5,8,11,13H,2,6-7,9H2,1H3,(H,17,19)(H,18,20). The van der Waals surface area contributed by atoms with Crippen molar-refractivity contribution in [2.75, 3.05) is 6.54 Å². The summed E-state index contributed by atoms with van der Waals surface area (Å²) >= 11 is 5.99. The fraction of sp³-hybridized carbons (Fsp3) is 0.467. The van der Waals surface area contributed by atoms with Crippen molar-refractivity contribution in [2.45, 2.75) is 32.2 Å². The summed E-state index contributed by atoms with van der Waals surface area (Å²) in [5.74, 6) is -0.117. The quantitative estimate of drug-likeness (QED) is 0.896. The molecular weight excluding hydrogens is 276 g/mol. The van der Waals surface area contributed by atoms with Crippen molar-refractivity contribution >= 4 is 23.4 Å². The second kappa shape index (κ2) is 6.75. The number of carbonyl (C=O) groups is 2. The van der Waals surface area contributed by atoms with Gasteiger partial charge in [0.15, 0.2) is 0 Å². The summed E-state index contributed by atoms with van der Waals surface area (Å²) in [7, 11) is 0. The third-order valence-electron chi connectivity index (χ3n) is 3.61. The predicted octanol–water partition coefficient (Wildman–Crippen LogP) is 2.43. The maximum absolute atomic E-state index is 12.2. The molecule has 4 nitrogen and oxygen atoms in total. The van der Waals surface area contributed by atoms with Crippen molar-refractivity contribution < 1.29 is 9.59 Å². The molecule has 20 heavy (non-hydrogen) atoms. The van der Waals surface area contributed by atoms with Crippen LogP contribution >= 0.6 is 11.6 Å². The van der Waals surface area contributed by atoms with Gasteiger partial charge in [-0.2, -0.15) is 0 Å². The molecule has 1 aromatic carbocycles. The van der Waals surface area contributed by atoms with E-state index in [2.05, 4.69) is 10.6 Å². The van der Waals surface area contributed by atoms with Gasteiger partial charge in [0.05, 0.1) is 12.0 Å². The molecule has 0 aromatic heterocycles. The number of piperidine rings is 1. The van der Waals surface area contributed by atoms with Gasteiger partial charge in [-0.3, -0.25) is 9.59 Å². The Morgan fingerprint density at radius 2 is 2.35 bits per heavy atom. The summed E-state index contributed by atoms with van der Waals surface area (Å²) in [4.78, 5) is 23.3. The van der Waals surface area contributed by atoms with E-state index in [1.54, 1.807) is 0 Å². The number of rotatable bonds is 4. The third-order valence-corrected chi connectivity index (χ3v) is 3.85. The van der Waals surface area contributed by atoms with Crippen LogP contribution in [0.5, 0.6) is 0 Å². The summed E-state index contributed by atoms with van der Waals surface area (Å²) in [6.07, 6.45) is 1.83. The average Bonchev–Trinajstić information content (AvgIpc) is 2.45. The molecule has 0 aliphatic carbocycles. The maximum atomic E-state index is 12.2. The number of benzene rings is 1. The highest BCUT2D eigenvalue weighted by Crippen LogP contribution is 2.21. The molecule has 0 bridgehead atoms. The normalized spacial score (nSPS) is 20.1. The molecule has 1 saturated heterocycles. The van der Waals surface area contributed by atoms with Crippen LogP contribution in [0.4, 0.5) is 0 Å². The minimum Gasteiger partial charge on any atom is -0.355 e. The zero-order valence-electron chi connectivity index (χ0n) is 11.5. The lowest BCUT2D eigenvalue weighted by Gasteiger charge is -2.25. The molecule has 1 aromatic rings. The molecule has 0 spiro atoms. The third kappa shape index (κ3) is 3.73. The van der Waals surface area contributed by atoms with Crippen molar-refractivity contribution in [1.82, 2.24) is 10.6 Å². The van der Waals surface area contributed by atoms with Gasteiger partial charge in [0.1, 0.15) is 0 Å². The van der Waals surface area contributed by atoms with Crippen molar-refractivity contribution in [3.63, 3.8) is 0 Å². The molecular formula is C15H19ClN2O2. The first-order chi connectivity index (χ1) is 9.60. The molecule has 1 aliphatic heterocycles. The van der Waals surface area contributed by atoms with E-state index in [0.29, 0.717) is 24.4 Å². The second-order valence-corrected chi connectivity index (χ2v) is 5.50. The number of hydrogen-bond donors (Lipinski definition) is 2. The molecule has 108 valence electrons. The van der Waals surface area contributed by atoms with E-state index in [9.17, 15) is 9.59 Å². The van der Waals surface area contributed by atoms with Gasteiger partial charge in [-0.15, -0.1) is 0 Å². The van der Waals surface area contributed by atoms with E-state index in [-0.39, 0.29) is 23.8 Å². The van der Waals surface area contributed by atoms with Crippen LogP contribution in [-0.4, -0.2) is 18.4 Å². The lowest BCUT2D eigenvalue weighted by molar-refractivity contribution is -0.129. The van der Waals surface area contributed by atoms with Gasteiger partial charge in [0.25, 0.3) is 0 Å². The highest BCUT2D eigenvalue weighted by Gasteiger charge is 2.26. The van der Waals surface area contributed by atoms with Crippen molar-refractivity contribution in [2.24, 2.45) is 5.92 Å². The Morgan fingerprint density at radius 1 is 1.55 bits per heavy atom. The SMILES string of the molecule is CCC(NC(=O)C1CCC(=O)NC1)c1cccc(Cl)c1. The van der Waals surface area contributed by atoms with Gasteiger partial charge in [-0.1, -0.05) is 30.7 Å². The van der Waals surface area contributed by atoms with Crippen LogP contribution in [0.15, 0.2) is 24.3 Å². The van der Waals surface area contributed by atoms with E-state index in [0.717, 1.165) is 12.0 Å². The predicted molar refractivity (Wildman–Crippen MR) is 78.4 cm³/mol. The van der Waals surface area contributed by atoms with Crippen LogP contribution in [0.25, 0.3) is 0 Å². The Hall–Kier alpha value is -1.55. The van der Waals surface area contributed by atoms with Crippen LogP contribution in [0, 0.1) is 5.92 Å². The monoisotopic (exact) mass is 294 g/mol. The number of halogens is 1. The summed E-state index contributed by atoms with van der Waals surface area (Å²) in [5.41, 5.74) is 1.01. The fourth-order valence-electron chi connectivity index (χ4n) is 2.39. The van der Waals surface area contributed by atoms with Gasteiger partial charge in [0, 0.05) is 18.0 Å². The lowest BCUT2D eigenvalue weighted by Crippen LogP contribution is -2.43. The van der Waals surface area contributed by atoms with Gasteiger partial charge >= 0.3 is 0 Å². The molecule has 2 atom stereocenters. The minimum atomic E-state index is -0.138. The van der Waals surface area contributed by atoms with E-state index in [1.165, 1.54) is 0 Å². The van der Waals surface area contributed by atoms with E-state index < -0.39 is 0 Å². The summed E-state index contributed by atoms with van der Waals surface area (Å²) in [6.45, 7) is 2.45. The molecule has 1 fully saturated rings. The summed E-state index contributed by atoms with van der Waals surface area (Å²) in [5, 5.41) is 6.44. The molecule has 5 heteroatoms. The zero-order chi connectivity index (χ0) is 14.5. The largest absolute Gasteiger partial charge is 0.355 e. The Balaban J connectivity index is 1.99. The number of carbonyl (C=O) groups excluding carboxylic acids is 2. The highest BCUT2D eigenvalue weighted by atomic mass is 35.5. The first-order valence-corrected chi connectivity index (χ1v) is 7.30. The molecule has 0 saturated carbocycles. The van der Waals surface area contributed by atoms with Crippen molar-refractivity contribution in [3.05, 3.63) is 34.9 Å². The Morgan fingerprint density at radius 3 is 2.95 bits per heavy atom. The number of hydrogen-bond acceptors (Lipinski definition) is 2. The van der Waals surface area contributed by atoms with E-state index in [1.807, 2.05) is 31.2 Å². The molecule has 0 radical (unpaired) electrons.